The van der Waals surface area contributed by atoms with Gasteiger partial charge in [0.2, 0.25) is 0 Å². The number of hydrogen-bond acceptors (Lipinski definition) is 4. The lowest BCUT2D eigenvalue weighted by Crippen LogP contribution is -2.26. The number of para-hydroxylation sites is 1. The van der Waals surface area contributed by atoms with Crippen molar-refractivity contribution >= 4 is 11.3 Å². The molecule has 1 aromatic heterocycles. The normalized spacial score (nSPS) is 13.6. The van der Waals surface area contributed by atoms with Gasteiger partial charge in [0, 0.05) is 18.0 Å². The van der Waals surface area contributed by atoms with Gasteiger partial charge in [0.05, 0.1) is 0 Å². The number of nitrogens with zero attached hydrogens (tertiary/aromatic N) is 1. The van der Waals surface area contributed by atoms with Crippen LogP contribution in [0.5, 0.6) is 5.75 Å². The van der Waals surface area contributed by atoms with Crippen LogP contribution in [0.3, 0.4) is 0 Å². The van der Waals surface area contributed by atoms with Crippen molar-refractivity contribution in [2.45, 2.75) is 25.4 Å². The van der Waals surface area contributed by atoms with Crippen LogP contribution in [0.25, 0.3) is 0 Å². The molecule has 0 radical (unpaired) electrons. The number of aromatic nitrogens is 1. The van der Waals surface area contributed by atoms with Gasteiger partial charge < -0.3 is 10.2 Å². The van der Waals surface area contributed by atoms with Gasteiger partial charge in [-0.15, -0.1) is 11.3 Å². The number of hydrogen-bond donors (Lipinski definition) is 2. The standard InChI is InChI=1S/C19H18FNO2S/c1-2-19(23,18-21-7-8-24-18)15-10-13(11-16(20)12-15)9-14-5-3-4-6-17(14)22/h3-8,10-12,22-23H,2,9H2,1H3. The minimum atomic E-state index is -1.32. The van der Waals surface area contributed by atoms with E-state index in [0.717, 1.165) is 0 Å². The molecule has 3 rings (SSSR count). The molecule has 3 nitrogen and oxygen atoms in total. The minimum absolute atomic E-state index is 0.175. The molecule has 5 heteroatoms. The summed E-state index contributed by atoms with van der Waals surface area (Å²) >= 11 is 1.34. The largest absolute Gasteiger partial charge is 0.508 e. The Morgan fingerprint density at radius 3 is 2.67 bits per heavy atom. The maximum absolute atomic E-state index is 14.1. The van der Waals surface area contributed by atoms with Crippen molar-refractivity contribution < 1.29 is 14.6 Å². The van der Waals surface area contributed by atoms with Gasteiger partial charge in [-0.05, 0) is 41.3 Å². The Balaban J connectivity index is 2.01. The third-order valence-electron chi connectivity index (χ3n) is 4.12. The van der Waals surface area contributed by atoms with E-state index in [-0.39, 0.29) is 5.75 Å². The average molecular weight is 343 g/mol. The second-order valence-corrected chi connectivity index (χ2v) is 6.60. The van der Waals surface area contributed by atoms with Crippen LogP contribution in [0.4, 0.5) is 4.39 Å². The highest BCUT2D eigenvalue weighted by molar-refractivity contribution is 7.09. The van der Waals surface area contributed by atoms with E-state index in [4.69, 9.17) is 0 Å². The number of thiazole rings is 1. The predicted molar refractivity (Wildman–Crippen MR) is 92.7 cm³/mol. The molecular weight excluding hydrogens is 325 g/mol. The number of phenols is 1. The third kappa shape index (κ3) is 3.18. The summed E-state index contributed by atoms with van der Waals surface area (Å²) in [6, 6.07) is 11.5. The van der Waals surface area contributed by atoms with Gasteiger partial charge in [0.1, 0.15) is 22.2 Å². The van der Waals surface area contributed by atoms with E-state index in [0.29, 0.717) is 34.5 Å². The van der Waals surface area contributed by atoms with Crippen LogP contribution >= 0.6 is 11.3 Å². The zero-order chi connectivity index (χ0) is 17.2. The average Bonchev–Trinajstić information content (AvgIpc) is 3.11. The lowest BCUT2D eigenvalue weighted by molar-refractivity contribution is 0.0758. The molecule has 0 amide bonds. The van der Waals surface area contributed by atoms with Crippen LogP contribution in [0, 0.1) is 5.82 Å². The molecule has 1 heterocycles. The number of rotatable bonds is 5. The molecule has 3 aromatic rings. The van der Waals surface area contributed by atoms with Gasteiger partial charge in [0.15, 0.2) is 0 Å². The molecule has 0 spiro atoms. The van der Waals surface area contributed by atoms with Crippen molar-refractivity contribution in [3.8, 4) is 5.75 Å². The number of aliphatic hydroxyl groups is 1. The van der Waals surface area contributed by atoms with Gasteiger partial charge in [-0.2, -0.15) is 0 Å². The van der Waals surface area contributed by atoms with Gasteiger partial charge in [-0.25, -0.2) is 9.37 Å². The molecule has 0 bridgehead atoms. The molecule has 2 N–H and O–H groups in total. The Labute approximate surface area is 144 Å². The molecule has 124 valence electrons. The number of phenolic OH excluding ortho intramolecular Hbond substituents is 1. The molecule has 1 atom stereocenters. The molecule has 0 aliphatic rings. The topological polar surface area (TPSA) is 53.4 Å². The Morgan fingerprint density at radius 1 is 1.21 bits per heavy atom. The summed E-state index contributed by atoms with van der Waals surface area (Å²) in [4.78, 5) is 4.20. The summed E-state index contributed by atoms with van der Waals surface area (Å²) in [5.41, 5.74) is 0.563. The first kappa shape index (κ1) is 16.6. The van der Waals surface area contributed by atoms with Crippen LogP contribution in [0.15, 0.2) is 54.0 Å². The predicted octanol–water partition coefficient (Wildman–Crippen LogP) is 4.22. The lowest BCUT2D eigenvalue weighted by atomic mass is 9.89. The van der Waals surface area contributed by atoms with Crippen molar-refractivity contribution in [1.29, 1.82) is 0 Å². The molecule has 0 aliphatic heterocycles. The van der Waals surface area contributed by atoms with Crippen molar-refractivity contribution in [3.05, 3.63) is 81.6 Å². The zero-order valence-electron chi connectivity index (χ0n) is 13.2. The fourth-order valence-electron chi connectivity index (χ4n) is 2.78. The van der Waals surface area contributed by atoms with E-state index in [9.17, 15) is 14.6 Å². The van der Waals surface area contributed by atoms with E-state index < -0.39 is 11.4 Å². The van der Waals surface area contributed by atoms with Gasteiger partial charge in [-0.3, -0.25) is 0 Å². The van der Waals surface area contributed by atoms with E-state index in [1.54, 1.807) is 35.8 Å². The summed E-state index contributed by atoms with van der Waals surface area (Å²) in [7, 11) is 0. The van der Waals surface area contributed by atoms with E-state index in [1.165, 1.54) is 23.5 Å². The van der Waals surface area contributed by atoms with Crippen LogP contribution in [0.2, 0.25) is 0 Å². The summed E-state index contributed by atoms with van der Waals surface area (Å²) in [5, 5.41) is 23.3. The highest BCUT2D eigenvalue weighted by Crippen LogP contribution is 2.35. The first-order valence-electron chi connectivity index (χ1n) is 7.72. The van der Waals surface area contributed by atoms with Crippen LogP contribution in [-0.2, 0) is 12.0 Å². The van der Waals surface area contributed by atoms with E-state index >= 15 is 0 Å². The van der Waals surface area contributed by atoms with Gasteiger partial charge >= 0.3 is 0 Å². The first-order chi connectivity index (χ1) is 11.5. The first-order valence-corrected chi connectivity index (χ1v) is 8.60. The third-order valence-corrected chi connectivity index (χ3v) is 5.04. The van der Waals surface area contributed by atoms with Crippen molar-refractivity contribution in [2.75, 3.05) is 0 Å². The van der Waals surface area contributed by atoms with Crippen LogP contribution < -0.4 is 0 Å². The Hall–Kier alpha value is -2.24. The highest BCUT2D eigenvalue weighted by Gasteiger charge is 2.33. The fraction of sp³-hybridized carbons (Fsp3) is 0.211. The Kier molecular flexibility index (Phi) is 4.64. The lowest BCUT2D eigenvalue weighted by Gasteiger charge is -2.25. The maximum atomic E-state index is 14.1. The molecule has 24 heavy (non-hydrogen) atoms. The molecule has 0 fully saturated rings. The molecule has 2 aromatic carbocycles. The smallest absolute Gasteiger partial charge is 0.141 e. The summed E-state index contributed by atoms with van der Waals surface area (Å²) in [6.45, 7) is 1.84. The Morgan fingerprint density at radius 2 is 2.00 bits per heavy atom. The van der Waals surface area contributed by atoms with Gasteiger partial charge in [-0.1, -0.05) is 31.2 Å². The Bertz CT molecular complexity index is 835. The molecule has 0 saturated heterocycles. The molecule has 0 saturated carbocycles. The zero-order valence-corrected chi connectivity index (χ0v) is 14.1. The van der Waals surface area contributed by atoms with Gasteiger partial charge in [0.25, 0.3) is 0 Å². The van der Waals surface area contributed by atoms with Crippen LogP contribution in [0.1, 0.15) is 35.0 Å². The second kappa shape index (κ2) is 6.71. The van der Waals surface area contributed by atoms with Crippen molar-refractivity contribution in [1.82, 2.24) is 4.98 Å². The van der Waals surface area contributed by atoms with E-state index in [2.05, 4.69) is 4.98 Å². The fourth-order valence-corrected chi connectivity index (χ4v) is 3.61. The summed E-state index contributed by atoms with van der Waals surface area (Å²) in [6.07, 6.45) is 2.40. The quantitative estimate of drug-likeness (QED) is 0.729. The summed E-state index contributed by atoms with van der Waals surface area (Å²) < 4.78 is 14.1. The minimum Gasteiger partial charge on any atom is -0.508 e. The van der Waals surface area contributed by atoms with Crippen molar-refractivity contribution in [3.63, 3.8) is 0 Å². The highest BCUT2D eigenvalue weighted by atomic mass is 32.1. The number of halogens is 1. The second-order valence-electron chi connectivity index (χ2n) is 5.70. The SMILES string of the molecule is CCC(O)(c1cc(F)cc(Cc2ccccc2O)c1)c1nccs1. The monoisotopic (exact) mass is 343 g/mol. The molecular formula is C19H18FNO2S. The summed E-state index contributed by atoms with van der Waals surface area (Å²) in [5.74, 6) is -0.240. The maximum Gasteiger partial charge on any atom is 0.141 e. The molecule has 1 unspecified atom stereocenters. The number of aromatic hydroxyl groups is 1. The van der Waals surface area contributed by atoms with Crippen molar-refractivity contribution in [2.24, 2.45) is 0 Å². The van der Waals surface area contributed by atoms with Crippen LogP contribution in [-0.4, -0.2) is 15.2 Å². The van der Waals surface area contributed by atoms with E-state index in [1.807, 2.05) is 13.0 Å². The number of benzene rings is 2. The molecule has 0 aliphatic carbocycles.